The van der Waals surface area contributed by atoms with E-state index in [-0.39, 0.29) is 0 Å². The molecule has 0 amide bonds. The standard InChI is InChI=1S/C11H15BrClNS/c1-2-5-14-10(7-3-4-7)9-6-8(12)11(13)15-9/h6-7,10,14H,2-5H2,1H3. The smallest absolute Gasteiger partial charge is 0.107 e. The van der Waals surface area contributed by atoms with Crippen LogP contribution in [0.2, 0.25) is 4.34 Å². The van der Waals surface area contributed by atoms with E-state index in [2.05, 4.69) is 34.2 Å². The number of hydrogen-bond acceptors (Lipinski definition) is 2. The van der Waals surface area contributed by atoms with Crippen molar-refractivity contribution in [3.63, 3.8) is 0 Å². The molecule has 1 aliphatic rings. The van der Waals surface area contributed by atoms with Crippen LogP contribution in [0.25, 0.3) is 0 Å². The van der Waals surface area contributed by atoms with Crippen LogP contribution in [-0.2, 0) is 0 Å². The second-order valence-corrected chi connectivity index (χ2v) is 6.58. The Morgan fingerprint density at radius 3 is 2.87 bits per heavy atom. The van der Waals surface area contributed by atoms with Crippen LogP contribution in [0, 0.1) is 5.92 Å². The zero-order chi connectivity index (χ0) is 10.8. The van der Waals surface area contributed by atoms with E-state index in [1.807, 2.05) is 0 Å². The molecule has 0 radical (unpaired) electrons. The van der Waals surface area contributed by atoms with Crippen LogP contribution in [0.5, 0.6) is 0 Å². The van der Waals surface area contributed by atoms with Gasteiger partial charge in [0.15, 0.2) is 0 Å². The average molecular weight is 309 g/mol. The normalized spacial score (nSPS) is 18.1. The maximum atomic E-state index is 6.08. The highest BCUT2D eigenvalue weighted by molar-refractivity contribution is 9.10. The lowest BCUT2D eigenvalue weighted by Crippen LogP contribution is -2.22. The van der Waals surface area contributed by atoms with E-state index in [0.717, 1.165) is 21.3 Å². The Hall–Kier alpha value is 0.430. The van der Waals surface area contributed by atoms with Gasteiger partial charge in [0.1, 0.15) is 4.34 Å². The maximum Gasteiger partial charge on any atom is 0.107 e. The lowest BCUT2D eigenvalue weighted by molar-refractivity contribution is 0.488. The SMILES string of the molecule is CCCNC(c1cc(Br)c(Cl)s1)C1CC1. The van der Waals surface area contributed by atoms with Gasteiger partial charge in [-0.1, -0.05) is 18.5 Å². The van der Waals surface area contributed by atoms with Crippen molar-refractivity contribution < 1.29 is 0 Å². The molecule has 15 heavy (non-hydrogen) atoms. The third-order valence-corrected chi connectivity index (χ3v) is 5.24. The van der Waals surface area contributed by atoms with Crippen LogP contribution >= 0.6 is 38.9 Å². The third kappa shape index (κ3) is 2.96. The molecule has 2 rings (SSSR count). The fraction of sp³-hybridized carbons (Fsp3) is 0.636. The Morgan fingerprint density at radius 1 is 1.67 bits per heavy atom. The molecule has 1 fully saturated rings. The molecule has 1 aromatic heterocycles. The Bertz CT molecular complexity index is 316. The van der Waals surface area contributed by atoms with E-state index in [1.54, 1.807) is 11.3 Å². The largest absolute Gasteiger partial charge is 0.309 e. The molecule has 1 heterocycles. The van der Waals surface area contributed by atoms with E-state index >= 15 is 0 Å². The van der Waals surface area contributed by atoms with Crippen molar-refractivity contribution in [1.82, 2.24) is 5.32 Å². The Kier molecular flexibility index (Phi) is 4.10. The fourth-order valence-electron chi connectivity index (χ4n) is 1.75. The van der Waals surface area contributed by atoms with E-state index in [1.165, 1.54) is 24.1 Å². The van der Waals surface area contributed by atoms with Crippen LogP contribution in [0.3, 0.4) is 0 Å². The summed E-state index contributed by atoms with van der Waals surface area (Å²) in [5.74, 6) is 0.832. The van der Waals surface area contributed by atoms with Crippen molar-refractivity contribution in [3.8, 4) is 0 Å². The summed E-state index contributed by atoms with van der Waals surface area (Å²) >= 11 is 11.2. The number of halogens is 2. The highest BCUT2D eigenvalue weighted by atomic mass is 79.9. The highest BCUT2D eigenvalue weighted by Crippen LogP contribution is 2.45. The van der Waals surface area contributed by atoms with Gasteiger partial charge in [0, 0.05) is 15.4 Å². The number of rotatable bonds is 5. The monoisotopic (exact) mass is 307 g/mol. The molecule has 1 saturated carbocycles. The molecule has 84 valence electrons. The van der Waals surface area contributed by atoms with Crippen molar-refractivity contribution in [3.05, 3.63) is 19.8 Å². The summed E-state index contributed by atoms with van der Waals surface area (Å²) in [6, 6.07) is 2.69. The van der Waals surface area contributed by atoms with E-state index in [9.17, 15) is 0 Å². The molecule has 0 aliphatic heterocycles. The number of nitrogens with one attached hydrogen (secondary N) is 1. The molecule has 0 saturated heterocycles. The van der Waals surface area contributed by atoms with Crippen LogP contribution in [0.15, 0.2) is 10.5 Å². The van der Waals surface area contributed by atoms with Gasteiger partial charge in [0.25, 0.3) is 0 Å². The summed E-state index contributed by atoms with van der Waals surface area (Å²) in [4.78, 5) is 1.38. The summed E-state index contributed by atoms with van der Waals surface area (Å²) in [5, 5.41) is 3.62. The molecule has 1 atom stereocenters. The molecule has 1 aromatic rings. The summed E-state index contributed by atoms with van der Waals surface area (Å²) in [5.41, 5.74) is 0. The van der Waals surface area contributed by atoms with Crippen molar-refractivity contribution >= 4 is 38.9 Å². The molecular formula is C11H15BrClNS. The van der Waals surface area contributed by atoms with Gasteiger partial charge in [-0.05, 0) is 53.7 Å². The predicted octanol–water partition coefficient (Wildman–Crippen LogP) is 4.61. The molecule has 4 heteroatoms. The first kappa shape index (κ1) is 11.9. The molecule has 0 aromatic carbocycles. The Morgan fingerprint density at radius 2 is 2.40 bits per heavy atom. The maximum absolute atomic E-state index is 6.08. The third-order valence-electron chi connectivity index (χ3n) is 2.68. The second-order valence-electron chi connectivity index (χ2n) is 4.04. The average Bonchev–Trinajstić information content (AvgIpc) is 2.97. The van der Waals surface area contributed by atoms with Crippen molar-refractivity contribution in [1.29, 1.82) is 0 Å². The molecular weight excluding hydrogens is 294 g/mol. The van der Waals surface area contributed by atoms with Crippen LogP contribution in [0.1, 0.15) is 37.1 Å². The van der Waals surface area contributed by atoms with E-state index in [4.69, 9.17) is 11.6 Å². The minimum Gasteiger partial charge on any atom is -0.309 e. The van der Waals surface area contributed by atoms with Crippen LogP contribution < -0.4 is 5.32 Å². The second kappa shape index (κ2) is 5.17. The lowest BCUT2D eigenvalue weighted by atomic mass is 10.1. The van der Waals surface area contributed by atoms with E-state index < -0.39 is 0 Å². The predicted molar refractivity (Wildman–Crippen MR) is 70.8 cm³/mol. The number of hydrogen-bond donors (Lipinski definition) is 1. The van der Waals surface area contributed by atoms with Gasteiger partial charge in [-0.2, -0.15) is 0 Å². The molecule has 1 unspecified atom stereocenters. The van der Waals surface area contributed by atoms with Gasteiger partial charge in [-0.15, -0.1) is 11.3 Å². The van der Waals surface area contributed by atoms with Gasteiger partial charge < -0.3 is 5.32 Å². The van der Waals surface area contributed by atoms with Crippen molar-refractivity contribution in [2.45, 2.75) is 32.2 Å². The number of thiophene rings is 1. The highest BCUT2D eigenvalue weighted by Gasteiger charge is 2.33. The van der Waals surface area contributed by atoms with Gasteiger partial charge >= 0.3 is 0 Å². The van der Waals surface area contributed by atoms with Gasteiger partial charge in [0.05, 0.1) is 0 Å². The first-order chi connectivity index (χ1) is 7.22. The lowest BCUT2D eigenvalue weighted by Gasteiger charge is -2.15. The summed E-state index contributed by atoms with van der Waals surface area (Å²) in [7, 11) is 0. The van der Waals surface area contributed by atoms with E-state index in [0.29, 0.717) is 6.04 Å². The molecule has 1 nitrogen and oxygen atoms in total. The van der Waals surface area contributed by atoms with Crippen molar-refractivity contribution in [2.75, 3.05) is 6.54 Å². The minimum atomic E-state index is 0.527. The minimum absolute atomic E-state index is 0.527. The first-order valence-electron chi connectivity index (χ1n) is 5.40. The molecule has 0 bridgehead atoms. The van der Waals surface area contributed by atoms with Gasteiger partial charge in [0.2, 0.25) is 0 Å². The molecule has 0 spiro atoms. The topological polar surface area (TPSA) is 12.0 Å². The molecule has 1 N–H and O–H groups in total. The Balaban J connectivity index is 2.09. The summed E-state index contributed by atoms with van der Waals surface area (Å²) < 4.78 is 1.90. The summed E-state index contributed by atoms with van der Waals surface area (Å²) in [6.07, 6.45) is 3.90. The van der Waals surface area contributed by atoms with Crippen LogP contribution in [-0.4, -0.2) is 6.54 Å². The van der Waals surface area contributed by atoms with Crippen LogP contribution in [0.4, 0.5) is 0 Å². The molecule has 1 aliphatic carbocycles. The fourth-order valence-corrected chi connectivity index (χ4v) is 3.65. The van der Waals surface area contributed by atoms with Crippen molar-refractivity contribution in [2.24, 2.45) is 5.92 Å². The quantitative estimate of drug-likeness (QED) is 0.837. The first-order valence-corrected chi connectivity index (χ1v) is 7.39. The van der Waals surface area contributed by atoms with Gasteiger partial charge in [-0.3, -0.25) is 0 Å². The Labute approximate surface area is 108 Å². The van der Waals surface area contributed by atoms with Gasteiger partial charge in [-0.25, -0.2) is 0 Å². The zero-order valence-electron chi connectivity index (χ0n) is 8.72. The zero-order valence-corrected chi connectivity index (χ0v) is 11.9. The summed E-state index contributed by atoms with van der Waals surface area (Å²) in [6.45, 7) is 3.29.